The number of rotatable bonds is 0. The number of fused-ring (bicyclic) bond motifs is 3. The van der Waals surface area contributed by atoms with E-state index in [1.165, 1.54) is 37.5 Å². The van der Waals surface area contributed by atoms with Crippen LogP contribution in [0.15, 0.2) is 0 Å². The molecular weight excluding hydrogens is 206 g/mol. The molecule has 4 heteroatoms. The van der Waals surface area contributed by atoms with Gasteiger partial charge in [0.25, 0.3) is 0 Å². The number of carbonyl (C=O) groups is 2. The summed E-state index contributed by atoms with van der Waals surface area (Å²) in [6.45, 7) is 1.47. The number of hydrogen-bond acceptors (Lipinski definition) is 3. The largest absolute Gasteiger partial charge is 0.443 e. The lowest BCUT2D eigenvalue weighted by atomic mass is 9.91. The van der Waals surface area contributed by atoms with Crippen LogP contribution in [0.2, 0.25) is 0 Å². The van der Waals surface area contributed by atoms with E-state index in [1.807, 2.05) is 0 Å². The van der Waals surface area contributed by atoms with Gasteiger partial charge in [-0.05, 0) is 37.0 Å². The molecule has 4 unspecified atom stereocenters. The highest BCUT2D eigenvalue weighted by atomic mass is 16.6. The van der Waals surface area contributed by atoms with Crippen LogP contribution in [-0.2, 0) is 9.53 Å². The molecule has 4 atom stereocenters. The van der Waals surface area contributed by atoms with Crippen molar-refractivity contribution < 1.29 is 14.3 Å². The number of nitrogens with zero attached hydrogens (tertiary/aromatic N) is 1. The summed E-state index contributed by atoms with van der Waals surface area (Å²) in [5.74, 6) is 0.912. The normalized spacial score (nSPS) is 46.1. The van der Waals surface area contributed by atoms with Gasteiger partial charge in [-0.15, -0.1) is 0 Å². The minimum absolute atomic E-state index is 0.0117. The van der Waals surface area contributed by atoms with Crippen molar-refractivity contribution >= 4 is 12.0 Å². The smallest absolute Gasteiger partial charge is 0.417 e. The van der Waals surface area contributed by atoms with E-state index in [-0.39, 0.29) is 18.1 Å². The zero-order valence-electron chi connectivity index (χ0n) is 9.31. The molecule has 2 bridgehead atoms. The molecule has 0 aromatic heterocycles. The first kappa shape index (κ1) is 9.02. The van der Waals surface area contributed by atoms with Crippen LogP contribution in [0, 0.1) is 17.3 Å². The highest BCUT2D eigenvalue weighted by Gasteiger charge is 2.74. The summed E-state index contributed by atoms with van der Waals surface area (Å²) in [4.78, 5) is 24.6. The highest BCUT2D eigenvalue weighted by molar-refractivity contribution is 5.92. The highest BCUT2D eigenvalue weighted by Crippen LogP contribution is 2.73. The van der Waals surface area contributed by atoms with Crippen LogP contribution in [0.25, 0.3) is 0 Å². The lowest BCUT2D eigenvalue weighted by Crippen LogP contribution is -2.43. The molecule has 2 amide bonds. The van der Waals surface area contributed by atoms with Gasteiger partial charge in [-0.25, -0.2) is 9.69 Å². The van der Waals surface area contributed by atoms with E-state index in [0.29, 0.717) is 17.3 Å². The van der Waals surface area contributed by atoms with Gasteiger partial charge < -0.3 is 4.74 Å². The number of hydrogen-bond donors (Lipinski definition) is 0. The molecule has 3 aliphatic carbocycles. The van der Waals surface area contributed by atoms with Crippen molar-refractivity contribution in [2.24, 2.45) is 17.3 Å². The van der Waals surface area contributed by atoms with Crippen molar-refractivity contribution in [3.63, 3.8) is 0 Å². The third kappa shape index (κ3) is 0.770. The lowest BCUT2D eigenvalue weighted by Gasteiger charge is -2.26. The van der Waals surface area contributed by atoms with E-state index in [2.05, 4.69) is 0 Å². The third-order valence-corrected chi connectivity index (χ3v) is 5.31. The van der Waals surface area contributed by atoms with Crippen molar-refractivity contribution in [2.45, 2.75) is 44.8 Å². The van der Waals surface area contributed by atoms with Gasteiger partial charge in [0.2, 0.25) is 5.91 Å². The molecule has 0 aromatic carbocycles. The Labute approximate surface area is 93.9 Å². The Balaban J connectivity index is 1.77. The summed E-state index contributed by atoms with van der Waals surface area (Å²) in [5.41, 5.74) is 0.448. The van der Waals surface area contributed by atoms with Crippen LogP contribution in [0.4, 0.5) is 4.79 Å². The minimum atomic E-state index is -0.407. The standard InChI is InChI=1S/C12H15NO3/c1-6(14)13-9-7-2-3-8(12(7)4-5-12)10(9)16-11(13)15/h7-10H,2-5H2,1H3. The average molecular weight is 221 g/mol. The van der Waals surface area contributed by atoms with Crippen LogP contribution in [0.3, 0.4) is 0 Å². The maximum Gasteiger partial charge on any atom is 0.417 e. The van der Waals surface area contributed by atoms with Gasteiger partial charge in [-0.2, -0.15) is 0 Å². The second-order valence-corrected chi connectivity index (χ2v) is 5.75. The molecule has 16 heavy (non-hydrogen) atoms. The van der Waals surface area contributed by atoms with E-state index in [9.17, 15) is 9.59 Å². The van der Waals surface area contributed by atoms with Crippen LogP contribution in [0.1, 0.15) is 32.6 Å². The Morgan fingerprint density at radius 3 is 2.69 bits per heavy atom. The Hall–Kier alpha value is -1.06. The fraction of sp³-hybridized carbons (Fsp3) is 0.833. The minimum Gasteiger partial charge on any atom is -0.443 e. The monoisotopic (exact) mass is 221 g/mol. The third-order valence-electron chi connectivity index (χ3n) is 5.31. The van der Waals surface area contributed by atoms with E-state index < -0.39 is 6.09 Å². The maximum absolute atomic E-state index is 11.7. The zero-order chi connectivity index (χ0) is 11.1. The molecule has 0 N–H and O–H groups in total. The molecule has 86 valence electrons. The molecule has 4 aliphatic rings. The lowest BCUT2D eigenvalue weighted by molar-refractivity contribution is -0.127. The summed E-state index contributed by atoms with van der Waals surface area (Å²) in [7, 11) is 0. The van der Waals surface area contributed by atoms with Gasteiger partial charge >= 0.3 is 6.09 Å². The number of imide groups is 1. The van der Waals surface area contributed by atoms with Gasteiger partial charge in [0.05, 0.1) is 6.04 Å². The van der Waals surface area contributed by atoms with Gasteiger partial charge in [0.1, 0.15) is 6.10 Å². The van der Waals surface area contributed by atoms with E-state index in [1.54, 1.807) is 0 Å². The molecule has 1 aliphatic heterocycles. The van der Waals surface area contributed by atoms with E-state index in [0.717, 1.165) is 0 Å². The first-order valence-corrected chi connectivity index (χ1v) is 6.15. The summed E-state index contributed by atoms with van der Waals surface area (Å²) in [6, 6.07) is 0.0613. The number of amides is 2. The first-order valence-electron chi connectivity index (χ1n) is 6.15. The molecule has 1 spiro atoms. The van der Waals surface area contributed by atoms with Crippen LogP contribution < -0.4 is 0 Å². The summed E-state index contributed by atoms with van der Waals surface area (Å²) >= 11 is 0. The second kappa shape index (κ2) is 2.44. The van der Waals surface area contributed by atoms with Gasteiger partial charge in [-0.1, -0.05) is 0 Å². The van der Waals surface area contributed by atoms with Crippen molar-refractivity contribution in [3.05, 3.63) is 0 Å². The Morgan fingerprint density at radius 2 is 2.06 bits per heavy atom. The molecule has 0 radical (unpaired) electrons. The van der Waals surface area contributed by atoms with Crippen LogP contribution in [0.5, 0.6) is 0 Å². The molecule has 0 aromatic rings. The Bertz CT molecular complexity index is 401. The summed E-state index contributed by atoms with van der Waals surface area (Å²) in [6.07, 6.45) is 4.52. The molecule has 4 rings (SSSR count). The Kier molecular flexibility index (Phi) is 1.37. The van der Waals surface area contributed by atoms with Gasteiger partial charge in [-0.3, -0.25) is 4.79 Å². The summed E-state index contributed by atoms with van der Waals surface area (Å²) in [5, 5.41) is 0. The predicted octanol–water partition coefficient (Wildman–Crippen LogP) is 1.54. The van der Waals surface area contributed by atoms with Crippen LogP contribution >= 0.6 is 0 Å². The average Bonchev–Trinajstić information content (AvgIpc) is 2.73. The van der Waals surface area contributed by atoms with E-state index in [4.69, 9.17) is 4.74 Å². The van der Waals surface area contributed by atoms with Gasteiger partial charge in [0.15, 0.2) is 0 Å². The Morgan fingerprint density at radius 1 is 1.38 bits per heavy atom. The SMILES string of the molecule is CC(=O)N1C(=O)OC2C1C1CCC2C12CC2. The van der Waals surface area contributed by atoms with Crippen molar-refractivity contribution in [3.8, 4) is 0 Å². The molecule has 4 nitrogen and oxygen atoms in total. The quantitative estimate of drug-likeness (QED) is 0.623. The zero-order valence-corrected chi connectivity index (χ0v) is 9.31. The molecule has 1 heterocycles. The first-order chi connectivity index (χ1) is 7.65. The molecular formula is C12H15NO3. The fourth-order valence-corrected chi connectivity index (χ4v) is 4.68. The van der Waals surface area contributed by atoms with Crippen molar-refractivity contribution in [2.75, 3.05) is 0 Å². The number of ether oxygens (including phenoxy) is 1. The van der Waals surface area contributed by atoms with Gasteiger partial charge in [0, 0.05) is 12.8 Å². The molecule has 1 saturated heterocycles. The number of carbonyl (C=O) groups excluding carboxylic acids is 2. The fourth-order valence-electron chi connectivity index (χ4n) is 4.68. The van der Waals surface area contributed by atoms with Crippen molar-refractivity contribution in [1.82, 2.24) is 4.90 Å². The second-order valence-electron chi connectivity index (χ2n) is 5.75. The molecule has 3 saturated carbocycles. The predicted molar refractivity (Wildman–Crippen MR) is 54.5 cm³/mol. The topological polar surface area (TPSA) is 46.6 Å². The van der Waals surface area contributed by atoms with E-state index >= 15 is 0 Å². The summed E-state index contributed by atoms with van der Waals surface area (Å²) < 4.78 is 5.43. The van der Waals surface area contributed by atoms with Crippen molar-refractivity contribution in [1.29, 1.82) is 0 Å². The van der Waals surface area contributed by atoms with Crippen LogP contribution in [-0.4, -0.2) is 29.0 Å². The maximum atomic E-state index is 11.7. The molecule has 4 fully saturated rings.